The lowest BCUT2D eigenvalue weighted by Gasteiger charge is -2.30. The number of rotatable bonds is 6. The van der Waals surface area contributed by atoms with Crippen LogP contribution >= 0.6 is 11.6 Å². The molecule has 1 fully saturated rings. The molecule has 0 aliphatic carbocycles. The van der Waals surface area contributed by atoms with Crippen molar-refractivity contribution in [2.45, 2.75) is 25.1 Å². The number of nitrogens with one attached hydrogen (secondary N) is 1. The van der Waals surface area contributed by atoms with E-state index in [0.29, 0.717) is 19.4 Å². The molecule has 4 rings (SSSR count). The van der Waals surface area contributed by atoms with Gasteiger partial charge >= 0.3 is 0 Å². The van der Waals surface area contributed by atoms with E-state index in [1.165, 1.54) is 22.5 Å². The van der Waals surface area contributed by atoms with Crippen molar-refractivity contribution < 1.29 is 17.6 Å². The molecule has 0 radical (unpaired) electrons. The van der Waals surface area contributed by atoms with Crippen molar-refractivity contribution >= 4 is 38.3 Å². The Kier molecular flexibility index (Phi) is 6.79. The van der Waals surface area contributed by atoms with Gasteiger partial charge in [-0.1, -0.05) is 54.1 Å². The molecule has 0 spiro atoms. The van der Waals surface area contributed by atoms with E-state index in [-0.39, 0.29) is 35.5 Å². The van der Waals surface area contributed by atoms with Gasteiger partial charge in [-0.25, -0.2) is 17.1 Å². The summed E-state index contributed by atoms with van der Waals surface area (Å²) in [6.07, 6.45) is 0.849. The lowest BCUT2D eigenvalue weighted by Crippen LogP contribution is -2.43. The Morgan fingerprint density at radius 2 is 1.75 bits per heavy atom. The van der Waals surface area contributed by atoms with Gasteiger partial charge in [-0.05, 0) is 47.4 Å². The van der Waals surface area contributed by atoms with Crippen LogP contribution < -0.4 is 5.32 Å². The predicted octanol–water partition coefficient (Wildman–Crippen LogP) is 4.49. The number of hydrogen-bond acceptors (Lipinski definition) is 3. The number of hydrogen-bond donors (Lipinski definition) is 1. The van der Waals surface area contributed by atoms with Crippen LogP contribution in [0, 0.1) is 11.7 Å². The molecule has 0 unspecified atom stereocenters. The molecule has 0 atom stereocenters. The molecule has 1 amide bonds. The normalized spacial score (nSPS) is 15.7. The maximum Gasteiger partial charge on any atom is 0.223 e. The van der Waals surface area contributed by atoms with Crippen molar-refractivity contribution in [3.8, 4) is 0 Å². The summed E-state index contributed by atoms with van der Waals surface area (Å²) in [5, 5.41) is 5.33. The monoisotopic (exact) mass is 474 g/mol. The highest BCUT2D eigenvalue weighted by atomic mass is 35.5. The quantitative estimate of drug-likeness (QED) is 0.572. The van der Waals surface area contributed by atoms with Gasteiger partial charge in [0.15, 0.2) is 0 Å². The first kappa shape index (κ1) is 22.7. The highest BCUT2D eigenvalue weighted by Gasteiger charge is 2.32. The van der Waals surface area contributed by atoms with Crippen LogP contribution in [0.2, 0.25) is 5.02 Å². The summed E-state index contributed by atoms with van der Waals surface area (Å²) in [6.45, 7) is 0.874. The molecule has 3 aromatic carbocycles. The van der Waals surface area contributed by atoms with Crippen LogP contribution in [0.4, 0.5) is 4.39 Å². The third-order valence-corrected chi connectivity index (χ3v) is 8.05. The molecule has 0 aromatic heterocycles. The molecule has 8 heteroatoms. The fourth-order valence-electron chi connectivity index (χ4n) is 4.02. The fraction of sp³-hybridized carbons (Fsp3) is 0.292. The first-order chi connectivity index (χ1) is 15.3. The zero-order valence-corrected chi connectivity index (χ0v) is 19.0. The molecule has 168 valence electrons. The average molecular weight is 475 g/mol. The van der Waals surface area contributed by atoms with Crippen molar-refractivity contribution in [1.82, 2.24) is 9.62 Å². The second kappa shape index (κ2) is 9.57. The largest absolute Gasteiger partial charge is 0.352 e. The van der Waals surface area contributed by atoms with Crippen LogP contribution in [-0.2, 0) is 27.1 Å². The molecule has 32 heavy (non-hydrogen) atoms. The molecule has 0 bridgehead atoms. The minimum atomic E-state index is -3.73. The van der Waals surface area contributed by atoms with Crippen LogP contribution in [0.15, 0.2) is 60.7 Å². The lowest BCUT2D eigenvalue weighted by molar-refractivity contribution is -0.126. The van der Waals surface area contributed by atoms with Gasteiger partial charge in [-0.3, -0.25) is 4.79 Å². The van der Waals surface area contributed by atoms with E-state index in [2.05, 4.69) is 11.4 Å². The number of amides is 1. The Morgan fingerprint density at radius 1 is 1.03 bits per heavy atom. The molecule has 1 aliphatic rings. The standard InChI is InChI=1S/C24H24ClFN2O3S/c25-22-6-3-7-23(26)21(22)16-32(30,31)28-12-10-19(11-13-28)24(29)27-15-17-8-9-18-4-1-2-5-20(18)14-17/h1-9,14,19H,10-13,15-16H2,(H,27,29). The molecular formula is C24H24ClFN2O3S. The summed E-state index contributed by atoms with van der Waals surface area (Å²) in [4.78, 5) is 12.6. The molecular weight excluding hydrogens is 451 g/mol. The van der Waals surface area contributed by atoms with E-state index < -0.39 is 21.6 Å². The predicted molar refractivity (Wildman–Crippen MR) is 124 cm³/mol. The number of nitrogens with zero attached hydrogens (tertiary/aromatic N) is 1. The average Bonchev–Trinajstić information content (AvgIpc) is 2.80. The van der Waals surface area contributed by atoms with Gasteiger partial charge in [-0.2, -0.15) is 0 Å². The van der Waals surface area contributed by atoms with E-state index in [1.54, 1.807) is 0 Å². The summed E-state index contributed by atoms with van der Waals surface area (Å²) >= 11 is 5.98. The second-order valence-electron chi connectivity index (χ2n) is 8.03. The van der Waals surface area contributed by atoms with Gasteiger partial charge in [0.25, 0.3) is 0 Å². The van der Waals surface area contributed by atoms with Crippen molar-refractivity contribution in [3.63, 3.8) is 0 Å². The van der Waals surface area contributed by atoms with Crippen molar-refractivity contribution in [2.24, 2.45) is 5.92 Å². The number of benzene rings is 3. The summed E-state index contributed by atoms with van der Waals surface area (Å²) < 4.78 is 40.8. The second-order valence-corrected chi connectivity index (χ2v) is 10.4. The minimum absolute atomic E-state index is 0.0237. The SMILES string of the molecule is O=C(NCc1ccc2ccccc2c1)C1CCN(S(=O)(=O)Cc2c(F)cccc2Cl)CC1. The highest BCUT2D eigenvalue weighted by Crippen LogP contribution is 2.26. The van der Waals surface area contributed by atoms with Gasteiger partial charge < -0.3 is 5.32 Å². The van der Waals surface area contributed by atoms with Gasteiger partial charge in [0, 0.05) is 36.1 Å². The number of halogens is 2. The van der Waals surface area contributed by atoms with Crippen LogP contribution in [0.1, 0.15) is 24.0 Å². The fourth-order valence-corrected chi connectivity index (χ4v) is 5.94. The van der Waals surface area contributed by atoms with Gasteiger partial charge in [0.05, 0.1) is 5.75 Å². The summed E-state index contributed by atoms with van der Waals surface area (Å²) in [5.41, 5.74) is 0.989. The molecule has 0 saturated carbocycles. The molecule has 1 heterocycles. The maximum absolute atomic E-state index is 14.0. The van der Waals surface area contributed by atoms with Crippen LogP contribution in [0.3, 0.4) is 0 Å². The van der Waals surface area contributed by atoms with E-state index in [4.69, 9.17) is 11.6 Å². The number of sulfonamides is 1. The summed E-state index contributed by atoms with van der Waals surface area (Å²) in [7, 11) is -3.73. The number of carbonyl (C=O) groups excluding carboxylic acids is 1. The Hall–Kier alpha value is -2.48. The summed E-state index contributed by atoms with van der Waals surface area (Å²) in [5.74, 6) is -1.45. The van der Waals surface area contributed by atoms with Crippen LogP contribution in [0.5, 0.6) is 0 Å². The Morgan fingerprint density at radius 3 is 2.47 bits per heavy atom. The van der Waals surface area contributed by atoms with Crippen molar-refractivity contribution in [1.29, 1.82) is 0 Å². The highest BCUT2D eigenvalue weighted by molar-refractivity contribution is 7.88. The van der Waals surface area contributed by atoms with Gasteiger partial charge in [0.2, 0.25) is 15.9 Å². The van der Waals surface area contributed by atoms with E-state index >= 15 is 0 Å². The Bertz CT molecular complexity index is 1220. The summed E-state index contributed by atoms with van der Waals surface area (Å²) in [6, 6.07) is 18.2. The molecule has 3 aromatic rings. The maximum atomic E-state index is 14.0. The van der Waals surface area contributed by atoms with E-state index in [9.17, 15) is 17.6 Å². The van der Waals surface area contributed by atoms with E-state index in [1.807, 2.05) is 36.4 Å². The number of piperidine rings is 1. The van der Waals surface area contributed by atoms with Crippen molar-refractivity contribution in [3.05, 3.63) is 82.6 Å². The van der Waals surface area contributed by atoms with Gasteiger partial charge in [-0.15, -0.1) is 0 Å². The lowest BCUT2D eigenvalue weighted by atomic mass is 9.97. The Labute approximate surface area is 192 Å². The third kappa shape index (κ3) is 5.11. The first-order valence-electron chi connectivity index (χ1n) is 10.5. The zero-order valence-electron chi connectivity index (χ0n) is 17.4. The smallest absolute Gasteiger partial charge is 0.223 e. The van der Waals surface area contributed by atoms with Crippen LogP contribution in [-0.4, -0.2) is 31.7 Å². The molecule has 1 N–H and O–H groups in total. The minimum Gasteiger partial charge on any atom is -0.352 e. The van der Waals surface area contributed by atoms with E-state index in [0.717, 1.165) is 16.3 Å². The van der Waals surface area contributed by atoms with Gasteiger partial charge in [0.1, 0.15) is 5.82 Å². The zero-order chi connectivity index (χ0) is 22.7. The number of fused-ring (bicyclic) bond motifs is 1. The third-order valence-electron chi connectivity index (χ3n) is 5.89. The molecule has 1 saturated heterocycles. The first-order valence-corrected chi connectivity index (χ1v) is 12.5. The van der Waals surface area contributed by atoms with Crippen LogP contribution in [0.25, 0.3) is 10.8 Å². The van der Waals surface area contributed by atoms with Crippen molar-refractivity contribution in [2.75, 3.05) is 13.1 Å². The Balaban J connectivity index is 1.32. The molecule has 1 aliphatic heterocycles. The molecule has 5 nitrogen and oxygen atoms in total. The number of carbonyl (C=O) groups is 1. The topological polar surface area (TPSA) is 66.5 Å².